The van der Waals surface area contributed by atoms with Crippen LogP contribution in [0.25, 0.3) is 0 Å². The van der Waals surface area contributed by atoms with Crippen molar-refractivity contribution in [3.05, 3.63) is 72.8 Å². The number of fused-ring (bicyclic) bond motifs is 2. The first-order chi connectivity index (χ1) is 11.7. The van der Waals surface area contributed by atoms with Gasteiger partial charge in [0.05, 0.1) is 11.4 Å². The SMILES string of the molecule is CC(=O)Oc1ccc([S+]2c3ccccc3Nc3ccccc32)cc1. The summed E-state index contributed by atoms with van der Waals surface area (Å²) < 4.78 is 5.15. The van der Waals surface area contributed by atoms with E-state index >= 15 is 0 Å². The molecule has 0 saturated carbocycles. The summed E-state index contributed by atoms with van der Waals surface area (Å²) in [6, 6.07) is 24.6. The van der Waals surface area contributed by atoms with E-state index in [1.165, 1.54) is 21.6 Å². The van der Waals surface area contributed by atoms with Crippen molar-refractivity contribution in [3.63, 3.8) is 0 Å². The molecule has 0 amide bonds. The lowest BCUT2D eigenvalue weighted by atomic mass is 10.2. The van der Waals surface area contributed by atoms with Gasteiger partial charge in [0.2, 0.25) is 0 Å². The Kier molecular flexibility index (Phi) is 3.75. The van der Waals surface area contributed by atoms with Gasteiger partial charge in [0, 0.05) is 6.92 Å². The molecule has 0 atom stereocenters. The Morgan fingerprint density at radius 3 is 1.92 bits per heavy atom. The van der Waals surface area contributed by atoms with E-state index in [0.29, 0.717) is 5.75 Å². The zero-order valence-corrected chi connectivity index (χ0v) is 14.0. The first-order valence-corrected chi connectivity index (χ1v) is 8.93. The summed E-state index contributed by atoms with van der Waals surface area (Å²) in [7, 11) is -0.182. The predicted molar refractivity (Wildman–Crippen MR) is 96.1 cm³/mol. The van der Waals surface area contributed by atoms with Crippen LogP contribution in [-0.4, -0.2) is 5.97 Å². The maximum atomic E-state index is 11.1. The van der Waals surface area contributed by atoms with E-state index in [9.17, 15) is 4.79 Å². The number of para-hydroxylation sites is 2. The molecule has 3 nitrogen and oxygen atoms in total. The minimum Gasteiger partial charge on any atom is -0.427 e. The van der Waals surface area contributed by atoms with Gasteiger partial charge in [-0.05, 0) is 48.5 Å². The minimum atomic E-state index is -0.303. The number of carbonyl (C=O) groups excluding carboxylic acids is 1. The Bertz CT molecular complexity index is 860. The molecular formula is C20H16NO2S+. The first-order valence-electron chi connectivity index (χ1n) is 7.70. The fourth-order valence-electron chi connectivity index (χ4n) is 2.82. The molecule has 1 aliphatic rings. The summed E-state index contributed by atoms with van der Waals surface area (Å²) in [4.78, 5) is 14.8. The molecule has 118 valence electrons. The topological polar surface area (TPSA) is 38.3 Å². The molecule has 4 rings (SSSR count). The van der Waals surface area contributed by atoms with Gasteiger partial charge in [0.15, 0.2) is 14.7 Å². The highest BCUT2D eigenvalue weighted by molar-refractivity contribution is 7.97. The van der Waals surface area contributed by atoms with Crippen LogP contribution in [0, 0.1) is 0 Å². The van der Waals surface area contributed by atoms with Crippen molar-refractivity contribution in [1.82, 2.24) is 0 Å². The summed E-state index contributed by atoms with van der Waals surface area (Å²) in [6.07, 6.45) is 0. The van der Waals surface area contributed by atoms with Crippen LogP contribution in [0.15, 0.2) is 87.5 Å². The van der Waals surface area contributed by atoms with Crippen LogP contribution in [-0.2, 0) is 15.7 Å². The van der Waals surface area contributed by atoms with Crippen molar-refractivity contribution in [1.29, 1.82) is 0 Å². The van der Waals surface area contributed by atoms with Crippen LogP contribution >= 0.6 is 0 Å². The number of esters is 1. The maximum Gasteiger partial charge on any atom is 0.308 e. The second kappa shape index (κ2) is 6.06. The van der Waals surface area contributed by atoms with E-state index in [4.69, 9.17) is 4.74 Å². The lowest BCUT2D eigenvalue weighted by Crippen LogP contribution is -2.14. The number of ether oxygens (including phenoxy) is 1. The predicted octanol–water partition coefficient (Wildman–Crippen LogP) is 4.76. The maximum absolute atomic E-state index is 11.1. The quantitative estimate of drug-likeness (QED) is 0.326. The van der Waals surface area contributed by atoms with Gasteiger partial charge in [-0.15, -0.1) is 0 Å². The third kappa shape index (κ3) is 2.65. The van der Waals surface area contributed by atoms with Crippen molar-refractivity contribution in [2.45, 2.75) is 21.6 Å². The van der Waals surface area contributed by atoms with Crippen LogP contribution in [0.1, 0.15) is 6.92 Å². The third-order valence-electron chi connectivity index (χ3n) is 3.80. The monoisotopic (exact) mass is 334 g/mol. The van der Waals surface area contributed by atoms with Crippen molar-refractivity contribution in [2.24, 2.45) is 0 Å². The molecule has 0 aliphatic carbocycles. The number of hydrogen-bond acceptors (Lipinski definition) is 3. The Morgan fingerprint density at radius 1 is 0.833 bits per heavy atom. The van der Waals surface area contributed by atoms with Crippen molar-refractivity contribution in [3.8, 4) is 5.75 Å². The summed E-state index contributed by atoms with van der Waals surface area (Å²) in [5, 5.41) is 3.52. The van der Waals surface area contributed by atoms with Crippen LogP contribution in [0.3, 0.4) is 0 Å². The van der Waals surface area contributed by atoms with Gasteiger partial charge in [-0.2, -0.15) is 0 Å². The Balaban J connectivity index is 1.81. The second-order valence-electron chi connectivity index (χ2n) is 5.49. The molecule has 0 saturated heterocycles. The molecule has 1 heterocycles. The standard InChI is InChI=1S/C20H16NO2S/c1-14(22)23-15-10-12-16(13-11-15)24-19-8-4-2-6-17(19)21-18-7-3-5-9-20(18)24/h2-13,21H,1H3/q+1. The number of hydrogen-bond donors (Lipinski definition) is 1. The molecule has 3 aromatic carbocycles. The van der Waals surface area contributed by atoms with Crippen LogP contribution in [0.4, 0.5) is 11.4 Å². The van der Waals surface area contributed by atoms with E-state index in [1.54, 1.807) is 0 Å². The highest BCUT2D eigenvalue weighted by atomic mass is 32.2. The van der Waals surface area contributed by atoms with Gasteiger partial charge in [-0.1, -0.05) is 24.3 Å². The average molecular weight is 334 g/mol. The zero-order chi connectivity index (χ0) is 16.5. The molecule has 0 aromatic heterocycles. The first kappa shape index (κ1) is 14.8. The highest BCUT2D eigenvalue weighted by Gasteiger charge is 2.37. The molecule has 4 heteroatoms. The van der Waals surface area contributed by atoms with Crippen molar-refractivity contribution in [2.75, 3.05) is 5.32 Å². The number of carbonyl (C=O) groups is 1. The summed E-state index contributed by atoms with van der Waals surface area (Å²) in [5.41, 5.74) is 2.28. The molecule has 0 radical (unpaired) electrons. The number of rotatable bonds is 2. The lowest BCUT2D eigenvalue weighted by molar-refractivity contribution is -0.131. The van der Waals surface area contributed by atoms with E-state index in [0.717, 1.165) is 11.4 Å². The number of anilines is 2. The van der Waals surface area contributed by atoms with Crippen LogP contribution in [0.2, 0.25) is 0 Å². The molecule has 0 unspecified atom stereocenters. The average Bonchev–Trinajstić information content (AvgIpc) is 2.60. The van der Waals surface area contributed by atoms with Crippen LogP contribution in [0.5, 0.6) is 5.75 Å². The van der Waals surface area contributed by atoms with Crippen LogP contribution < -0.4 is 10.1 Å². The lowest BCUT2D eigenvalue weighted by Gasteiger charge is -2.20. The van der Waals surface area contributed by atoms with E-state index in [1.807, 2.05) is 36.4 Å². The summed E-state index contributed by atoms with van der Waals surface area (Å²) in [5.74, 6) is 0.273. The van der Waals surface area contributed by atoms with E-state index in [2.05, 4.69) is 41.7 Å². The molecule has 0 spiro atoms. The third-order valence-corrected chi connectivity index (χ3v) is 6.14. The summed E-state index contributed by atoms with van der Waals surface area (Å²) >= 11 is 0. The second-order valence-corrected chi connectivity index (χ2v) is 7.45. The molecule has 0 fully saturated rings. The highest BCUT2D eigenvalue weighted by Crippen LogP contribution is 2.44. The normalized spacial score (nSPS) is 12.7. The van der Waals surface area contributed by atoms with Gasteiger partial charge in [0.25, 0.3) is 0 Å². The molecule has 1 aliphatic heterocycles. The van der Waals surface area contributed by atoms with Gasteiger partial charge in [-0.25, -0.2) is 0 Å². The number of nitrogens with one attached hydrogen (secondary N) is 1. The molecule has 24 heavy (non-hydrogen) atoms. The van der Waals surface area contributed by atoms with Gasteiger partial charge in [0.1, 0.15) is 16.6 Å². The molecule has 3 aromatic rings. The van der Waals surface area contributed by atoms with Crippen molar-refractivity contribution < 1.29 is 9.53 Å². The van der Waals surface area contributed by atoms with Gasteiger partial charge in [-0.3, -0.25) is 4.79 Å². The van der Waals surface area contributed by atoms with E-state index < -0.39 is 0 Å². The van der Waals surface area contributed by atoms with E-state index in [-0.39, 0.29) is 16.9 Å². The largest absolute Gasteiger partial charge is 0.427 e. The Hall–Kier alpha value is -2.72. The molecule has 0 bridgehead atoms. The fourth-order valence-corrected chi connectivity index (χ4v) is 5.08. The molecular weight excluding hydrogens is 318 g/mol. The Labute approximate surface area is 143 Å². The summed E-state index contributed by atoms with van der Waals surface area (Å²) in [6.45, 7) is 1.41. The number of benzene rings is 3. The minimum absolute atomic E-state index is 0.182. The zero-order valence-electron chi connectivity index (χ0n) is 13.2. The Morgan fingerprint density at radius 2 is 1.38 bits per heavy atom. The van der Waals surface area contributed by atoms with Gasteiger partial charge >= 0.3 is 5.97 Å². The fraction of sp³-hybridized carbons (Fsp3) is 0.0500. The molecule has 1 N–H and O–H groups in total. The van der Waals surface area contributed by atoms with Crippen molar-refractivity contribution >= 4 is 28.2 Å². The smallest absolute Gasteiger partial charge is 0.308 e. The van der Waals surface area contributed by atoms with Gasteiger partial charge < -0.3 is 10.1 Å².